The number of rotatable bonds is 8. The van der Waals surface area contributed by atoms with Crippen LogP contribution in [-0.4, -0.2) is 86.7 Å². The van der Waals surface area contributed by atoms with E-state index in [1.54, 1.807) is 17.0 Å². The molecule has 0 bridgehead atoms. The van der Waals surface area contributed by atoms with E-state index in [0.717, 1.165) is 29.9 Å². The third kappa shape index (κ3) is 5.24. The molecule has 2 heterocycles. The molecule has 2 aromatic carbocycles. The Morgan fingerprint density at radius 1 is 1.08 bits per heavy atom. The average molecular weight is 494 g/mol. The molecule has 1 N–H and O–H groups in total. The minimum absolute atomic E-state index is 0.117. The molecule has 0 spiro atoms. The molecule has 0 radical (unpaired) electrons. The van der Waals surface area contributed by atoms with E-state index < -0.39 is 17.7 Å². The molecule has 8 nitrogen and oxygen atoms in total. The predicted octanol–water partition coefficient (Wildman–Crippen LogP) is 3.21. The van der Waals surface area contributed by atoms with Crippen LogP contribution in [0.5, 0.6) is 5.75 Å². The second kappa shape index (κ2) is 11.1. The Bertz CT molecular complexity index is 1140. The van der Waals surface area contributed by atoms with Gasteiger partial charge in [0.1, 0.15) is 11.5 Å². The number of hydrogen-bond donors (Lipinski definition) is 1. The largest absolute Gasteiger partial charge is 0.507 e. The fraction of sp³-hybridized carbons (Fsp3) is 0.429. The van der Waals surface area contributed by atoms with Gasteiger partial charge in [0, 0.05) is 51.5 Å². The first-order chi connectivity index (χ1) is 17.3. The third-order valence-electron chi connectivity index (χ3n) is 6.79. The number of Topliss-reactive ketones (excluding diaryl/α,β-unsaturated/α-hetero) is 1. The Balaban J connectivity index is 1.75. The molecule has 2 aliphatic rings. The van der Waals surface area contributed by atoms with Crippen LogP contribution in [0.25, 0.3) is 5.76 Å². The normalized spacial score (nSPS) is 20.1. The first-order valence-corrected chi connectivity index (χ1v) is 12.4. The number of carbonyl (C=O) groups excluding carboxylic acids is 2. The van der Waals surface area contributed by atoms with Gasteiger partial charge in [-0.3, -0.25) is 14.5 Å². The zero-order valence-electron chi connectivity index (χ0n) is 21.5. The molecule has 1 atom stereocenters. The molecule has 1 unspecified atom stereocenters. The van der Waals surface area contributed by atoms with Crippen molar-refractivity contribution in [1.82, 2.24) is 9.80 Å². The van der Waals surface area contributed by atoms with Crippen LogP contribution in [-0.2, 0) is 14.3 Å². The minimum Gasteiger partial charge on any atom is -0.507 e. The Morgan fingerprint density at radius 3 is 2.39 bits per heavy atom. The summed E-state index contributed by atoms with van der Waals surface area (Å²) in [6.45, 7) is 8.19. The van der Waals surface area contributed by atoms with Crippen molar-refractivity contribution in [3.8, 4) is 5.75 Å². The van der Waals surface area contributed by atoms with Gasteiger partial charge in [-0.2, -0.15) is 0 Å². The highest BCUT2D eigenvalue weighted by Crippen LogP contribution is 2.40. The number of morpholine rings is 1. The van der Waals surface area contributed by atoms with Crippen molar-refractivity contribution in [2.45, 2.75) is 19.9 Å². The highest BCUT2D eigenvalue weighted by Gasteiger charge is 2.46. The van der Waals surface area contributed by atoms with E-state index in [2.05, 4.69) is 4.90 Å². The van der Waals surface area contributed by atoms with Gasteiger partial charge in [-0.05, 0) is 55.3 Å². The van der Waals surface area contributed by atoms with Crippen molar-refractivity contribution >= 4 is 23.1 Å². The molecule has 36 heavy (non-hydrogen) atoms. The maximum atomic E-state index is 13.3. The Morgan fingerprint density at radius 2 is 1.78 bits per heavy atom. The molecule has 2 aliphatic heterocycles. The maximum absolute atomic E-state index is 13.3. The summed E-state index contributed by atoms with van der Waals surface area (Å²) in [5.74, 6) is -0.725. The fourth-order valence-corrected chi connectivity index (χ4v) is 4.79. The van der Waals surface area contributed by atoms with E-state index in [0.29, 0.717) is 44.2 Å². The van der Waals surface area contributed by atoms with Crippen molar-refractivity contribution in [3.05, 3.63) is 64.7 Å². The zero-order valence-corrected chi connectivity index (χ0v) is 21.5. The number of nitrogens with zero attached hydrogens (tertiary/aromatic N) is 3. The van der Waals surface area contributed by atoms with E-state index in [1.807, 2.05) is 63.2 Å². The van der Waals surface area contributed by atoms with Gasteiger partial charge in [-0.25, -0.2) is 0 Å². The molecule has 1 amide bonds. The van der Waals surface area contributed by atoms with Crippen LogP contribution in [0.4, 0.5) is 5.69 Å². The Labute approximate surface area is 212 Å². The minimum atomic E-state index is -0.673. The molecule has 0 aliphatic carbocycles. The van der Waals surface area contributed by atoms with Gasteiger partial charge in [-0.15, -0.1) is 0 Å². The summed E-state index contributed by atoms with van der Waals surface area (Å²) < 4.78 is 11.0. The number of aliphatic hydroxyl groups excluding tert-OH is 1. The van der Waals surface area contributed by atoms with Gasteiger partial charge in [-0.1, -0.05) is 12.1 Å². The number of likely N-dealkylation sites (tertiary alicyclic amines) is 1. The summed E-state index contributed by atoms with van der Waals surface area (Å²) in [7, 11) is 3.91. The molecule has 2 saturated heterocycles. The number of ketones is 1. The van der Waals surface area contributed by atoms with E-state index in [-0.39, 0.29) is 11.3 Å². The summed E-state index contributed by atoms with van der Waals surface area (Å²) in [5.41, 5.74) is 3.18. The van der Waals surface area contributed by atoms with Gasteiger partial charge in [0.15, 0.2) is 0 Å². The first-order valence-electron chi connectivity index (χ1n) is 12.4. The van der Waals surface area contributed by atoms with Gasteiger partial charge in [0.05, 0.1) is 31.4 Å². The van der Waals surface area contributed by atoms with Crippen molar-refractivity contribution in [3.63, 3.8) is 0 Å². The van der Waals surface area contributed by atoms with Crippen molar-refractivity contribution in [2.24, 2.45) is 0 Å². The van der Waals surface area contributed by atoms with Crippen molar-refractivity contribution in [1.29, 1.82) is 0 Å². The molecule has 8 heteroatoms. The number of aliphatic hydroxyl groups is 1. The zero-order chi connectivity index (χ0) is 25.8. The van der Waals surface area contributed by atoms with E-state index >= 15 is 0 Å². The van der Waals surface area contributed by atoms with Crippen LogP contribution in [0, 0.1) is 6.92 Å². The standard InChI is InChI=1S/C28H35N3O5/c1-5-36-22-10-11-23(19(2)18-22)26(32)24-25(20-6-8-21(9-7-20)29(3)4)31(28(34)27(24)33)13-12-30-14-16-35-17-15-30/h6-11,18,25,32H,5,12-17H2,1-4H3. The monoisotopic (exact) mass is 493 g/mol. The highest BCUT2D eigenvalue weighted by atomic mass is 16.5. The lowest BCUT2D eigenvalue weighted by Crippen LogP contribution is -2.42. The topological polar surface area (TPSA) is 82.5 Å². The highest BCUT2D eigenvalue weighted by molar-refractivity contribution is 6.46. The van der Waals surface area contributed by atoms with Crippen LogP contribution in [0.2, 0.25) is 0 Å². The third-order valence-corrected chi connectivity index (χ3v) is 6.79. The second-order valence-electron chi connectivity index (χ2n) is 9.34. The molecule has 0 saturated carbocycles. The first kappa shape index (κ1) is 25.7. The lowest BCUT2D eigenvalue weighted by atomic mass is 9.93. The van der Waals surface area contributed by atoms with Gasteiger partial charge in [0.2, 0.25) is 0 Å². The van der Waals surface area contributed by atoms with Crippen LogP contribution in [0.1, 0.15) is 29.7 Å². The summed E-state index contributed by atoms with van der Waals surface area (Å²) in [4.78, 5) is 32.4. The summed E-state index contributed by atoms with van der Waals surface area (Å²) in [6, 6.07) is 12.4. The van der Waals surface area contributed by atoms with Crippen LogP contribution in [0.15, 0.2) is 48.0 Å². The number of amides is 1. The molecule has 0 aromatic heterocycles. The average Bonchev–Trinajstić information content (AvgIpc) is 3.13. The van der Waals surface area contributed by atoms with Crippen LogP contribution < -0.4 is 9.64 Å². The summed E-state index contributed by atoms with van der Waals surface area (Å²) in [6.07, 6.45) is 0. The number of ether oxygens (including phenoxy) is 2. The van der Waals surface area contributed by atoms with Crippen molar-refractivity contribution < 1.29 is 24.2 Å². The van der Waals surface area contributed by atoms with Crippen LogP contribution >= 0.6 is 0 Å². The van der Waals surface area contributed by atoms with Gasteiger partial charge >= 0.3 is 0 Å². The van der Waals surface area contributed by atoms with Gasteiger partial charge < -0.3 is 24.4 Å². The molecule has 2 fully saturated rings. The number of aryl methyl sites for hydroxylation is 1. The van der Waals surface area contributed by atoms with E-state index in [4.69, 9.17) is 9.47 Å². The summed E-state index contributed by atoms with van der Waals surface area (Å²) >= 11 is 0. The molecule has 4 rings (SSSR count). The molecule has 192 valence electrons. The smallest absolute Gasteiger partial charge is 0.295 e. The van der Waals surface area contributed by atoms with E-state index in [9.17, 15) is 14.7 Å². The predicted molar refractivity (Wildman–Crippen MR) is 139 cm³/mol. The van der Waals surface area contributed by atoms with Gasteiger partial charge in [0.25, 0.3) is 11.7 Å². The Hall–Kier alpha value is -3.36. The number of benzene rings is 2. The number of hydrogen-bond acceptors (Lipinski definition) is 7. The SMILES string of the molecule is CCOc1ccc(C(O)=C2C(=O)C(=O)N(CCN3CCOCC3)C2c2ccc(N(C)C)cc2)c(C)c1. The number of carbonyl (C=O) groups is 2. The molecule has 2 aromatic rings. The lowest BCUT2D eigenvalue weighted by Gasteiger charge is -2.31. The van der Waals surface area contributed by atoms with E-state index in [1.165, 1.54) is 0 Å². The van der Waals surface area contributed by atoms with Crippen molar-refractivity contribution in [2.75, 3.05) is 65.0 Å². The molecular weight excluding hydrogens is 458 g/mol. The second-order valence-corrected chi connectivity index (χ2v) is 9.34. The molecular formula is C28H35N3O5. The van der Waals surface area contributed by atoms with Crippen LogP contribution in [0.3, 0.4) is 0 Å². The quantitative estimate of drug-likeness (QED) is 0.344. The Kier molecular flexibility index (Phi) is 7.96. The maximum Gasteiger partial charge on any atom is 0.295 e. The summed E-state index contributed by atoms with van der Waals surface area (Å²) in [5, 5.41) is 11.4. The fourth-order valence-electron chi connectivity index (χ4n) is 4.79. The number of anilines is 1. The lowest BCUT2D eigenvalue weighted by molar-refractivity contribution is -0.140.